The van der Waals surface area contributed by atoms with Gasteiger partial charge < -0.3 is 0 Å². The summed E-state index contributed by atoms with van der Waals surface area (Å²) in [6.45, 7) is 0. The molecule has 5 rings (SSSR count). The summed E-state index contributed by atoms with van der Waals surface area (Å²) in [7, 11) is 2.33. The van der Waals surface area contributed by atoms with Gasteiger partial charge in [0.1, 0.15) is 0 Å². The number of benzene rings is 2. The third-order valence-electron chi connectivity index (χ3n) is 6.39. The Kier molecular flexibility index (Phi) is 3.89. The number of hydrogen-bond acceptors (Lipinski definition) is 2. The van der Waals surface area contributed by atoms with Crippen molar-refractivity contribution in [1.82, 2.24) is 4.90 Å². The first-order valence-electron chi connectivity index (χ1n) is 9.16. The number of piperidine rings is 1. The van der Waals surface area contributed by atoms with Gasteiger partial charge in [-0.25, -0.2) is 0 Å². The summed E-state index contributed by atoms with van der Waals surface area (Å²) in [5.74, 6) is 1.15. The van der Waals surface area contributed by atoms with Crippen LogP contribution in [0.15, 0.2) is 54.6 Å². The van der Waals surface area contributed by atoms with E-state index in [1.54, 1.807) is 11.3 Å². The minimum absolute atomic E-state index is 0.558. The molecular formula is C22H22ClNS. The highest BCUT2D eigenvalue weighted by Gasteiger charge is 2.46. The van der Waals surface area contributed by atoms with E-state index in [9.17, 15) is 0 Å². The van der Waals surface area contributed by atoms with Gasteiger partial charge in [-0.05, 0) is 54.8 Å². The first-order chi connectivity index (χ1) is 12.2. The molecule has 0 aliphatic carbocycles. The fourth-order valence-corrected chi connectivity index (χ4v) is 6.38. The molecule has 0 radical (unpaired) electrons. The largest absolute Gasteiger partial charge is 0.300 e. The van der Waals surface area contributed by atoms with Gasteiger partial charge in [0.2, 0.25) is 0 Å². The van der Waals surface area contributed by atoms with Gasteiger partial charge in [0.25, 0.3) is 0 Å². The zero-order chi connectivity index (χ0) is 17.0. The minimum atomic E-state index is 0.558. The molecule has 2 aromatic carbocycles. The predicted molar refractivity (Wildman–Crippen MR) is 108 cm³/mol. The maximum absolute atomic E-state index is 6.28. The molecule has 2 bridgehead atoms. The lowest BCUT2D eigenvalue weighted by Gasteiger charge is -2.43. The van der Waals surface area contributed by atoms with E-state index < -0.39 is 0 Å². The molecule has 128 valence electrons. The topological polar surface area (TPSA) is 3.24 Å². The highest BCUT2D eigenvalue weighted by atomic mass is 35.5. The van der Waals surface area contributed by atoms with Crippen molar-refractivity contribution in [3.05, 3.63) is 69.4 Å². The molecule has 1 nitrogen and oxygen atoms in total. The van der Waals surface area contributed by atoms with Crippen molar-refractivity contribution < 1.29 is 0 Å². The highest BCUT2D eigenvalue weighted by Crippen LogP contribution is 2.52. The number of likely N-dealkylation sites (N-methyl/N-ethyl adjacent to an activating group) is 1. The fourth-order valence-electron chi connectivity index (χ4n) is 5.16. The third-order valence-corrected chi connectivity index (χ3v) is 7.75. The van der Waals surface area contributed by atoms with Crippen LogP contribution in [0.5, 0.6) is 0 Å². The van der Waals surface area contributed by atoms with Crippen molar-refractivity contribution in [1.29, 1.82) is 0 Å². The Labute approximate surface area is 158 Å². The van der Waals surface area contributed by atoms with Crippen molar-refractivity contribution >= 4 is 33.7 Å². The van der Waals surface area contributed by atoms with Crippen LogP contribution in [0, 0.1) is 0 Å². The molecule has 2 unspecified atom stereocenters. The van der Waals surface area contributed by atoms with Crippen LogP contribution >= 0.6 is 22.9 Å². The lowest BCUT2D eigenvalue weighted by molar-refractivity contribution is 0.138. The Morgan fingerprint density at radius 3 is 2.64 bits per heavy atom. The zero-order valence-corrected chi connectivity index (χ0v) is 15.9. The maximum atomic E-state index is 6.28. The van der Waals surface area contributed by atoms with Crippen LogP contribution in [0.25, 0.3) is 10.8 Å². The molecule has 2 saturated heterocycles. The lowest BCUT2D eigenvalue weighted by Crippen LogP contribution is -2.44. The van der Waals surface area contributed by atoms with E-state index in [0.717, 1.165) is 10.4 Å². The Bertz CT molecular complexity index is 917. The van der Waals surface area contributed by atoms with Crippen LogP contribution in [0.2, 0.25) is 4.34 Å². The van der Waals surface area contributed by atoms with E-state index in [2.05, 4.69) is 66.5 Å². The van der Waals surface area contributed by atoms with Crippen LogP contribution in [0.1, 0.15) is 41.5 Å². The normalized spacial score (nSPS) is 29.4. The lowest BCUT2D eigenvalue weighted by atomic mass is 9.75. The summed E-state index contributed by atoms with van der Waals surface area (Å²) in [5, 5.41) is 2.68. The number of halogens is 1. The Balaban J connectivity index is 1.62. The van der Waals surface area contributed by atoms with E-state index >= 15 is 0 Å². The van der Waals surface area contributed by atoms with Crippen molar-refractivity contribution in [2.75, 3.05) is 7.05 Å². The van der Waals surface area contributed by atoms with Gasteiger partial charge in [-0.2, -0.15) is 0 Å². The Morgan fingerprint density at radius 1 is 1.00 bits per heavy atom. The van der Waals surface area contributed by atoms with Gasteiger partial charge in [0.05, 0.1) is 4.34 Å². The molecule has 2 aliphatic rings. The molecule has 0 N–H and O–H groups in total. The smallest absolute Gasteiger partial charge is 0.0931 e. The van der Waals surface area contributed by atoms with Crippen molar-refractivity contribution in [3.63, 3.8) is 0 Å². The van der Waals surface area contributed by atoms with Crippen LogP contribution in [-0.4, -0.2) is 24.0 Å². The second kappa shape index (κ2) is 6.12. The molecule has 2 aliphatic heterocycles. The molecule has 3 heterocycles. The number of fused-ring (bicyclic) bond motifs is 3. The maximum Gasteiger partial charge on any atom is 0.0931 e. The average molecular weight is 368 g/mol. The van der Waals surface area contributed by atoms with E-state index in [4.69, 9.17) is 11.6 Å². The molecule has 0 amide bonds. The molecule has 1 aromatic heterocycles. The molecule has 3 aromatic rings. The summed E-state index contributed by atoms with van der Waals surface area (Å²) >= 11 is 8.05. The van der Waals surface area contributed by atoms with E-state index in [1.807, 2.05) is 0 Å². The average Bonchev–Trinajstić information content (AvgIpc) is 3.15. The third kappa shape index (κ3) is 2.63. The summed E-state index contributed by atoms with van der Waals surface area (Å²) in [5.41, 5.74) is 1.49. The number of thiophene rings is 1. The molecule has 2 fully saturated rings. The molecule has 25 heavy (non-hydrogen) atoms. The van der Waals surface area contributed by atoms with E-state index in [1.165, 1.54) is 40.5 Å². The number of rotatable bonds is 2. The van der Waals surface area contributed by atoms with Crippen molar-refractivity contribution in [2.45, 2.75) is 43.2 Å². The SMILES string of the molecule is CN1C2CCC1[C@@H](c1ccc3ccccc3c1)[C@@H](c1ccc(Cl)s1)C2. The molecule has 0 spiro atoms. The minimum Gasteiger partial charge on any atom is -0.300 e. The first-order valence-corrected chi connectivity index (χ1v) is 10.4. The summed E-state index contributed by atoms with van der Waals surface area (Å²) in [4.78, 5) is 4.11. The van der Waals surface area contributed by atoms with Crippen molar-refractivity contribution in [3.8, 4) is 0 Å². The summed E-state index contributed by atoms with van der Waals surface area (Å²) in [6.07, 6.45) is 3.90. The molecule has 0 saturated carbocycles. The fraction of sp³-hybridized carbons (Fsp3) is 0.364. The summed E-state index contributed by atoms with van der Waals surface area (Å²) in [6, 6.07) is 21.5. The zero-order valence-electron chi connectivity index (χ0n) is 14.4. The van der Waals surface area contributed by atoms with Gasteiger partial charge in [0.15, 0.2) is 0 Å². The van der Waals surface area contributed by atoms with Gasteiger partial charge in [-0.3, -0.25) is 4.90 Å². The second-order valence-electron chi connectivity index (χ2n) is 7.58. The molecule has 3 heteroatoms. The van der Waals surface area contributed by atoms with Crippen LogP contribution in [-0.2, 0) is 0 Å². The Hall–Kier alpha value is -1.35. The monoisotopic (exact) mass is 367 g/mol. The van der Waals surface area contributed by atoms with Crippen LogP contribution in [0.3, 0.4) is 0 Å². The predicted octanol–water partition coefficient (Wildman–Crippen LogP) is 6.29. The van der Waals surface area contributed by atoms with Crippen LogP contribution < -0.4 is 0 Å². The van der Waals surface area contributed by atoms with E-state index in [0.29, 0.717) is 17.9 Å². The first kappa shape index (κ1) is 15.9. The van der Waals surface area contributed by atoms with Crippen LogP contribution in [0.4, 0.5) is 0 Å². The second-order valence-corrected chi connectivity index (χ2v) is 9.33. The Morgan fingerprint density at radius 2 is 1.84 bits per heavy atom. The number of hydrogen-bond donors (Lipinski definition) is 0. The van der Waals surface area contributed by atoms with Gasteiger partial charge in [0, 0.05) is 28.8 Å². The molecule has 4 atom stereocenters. The highest BCUT2D eigenvalue weighted by molar-refractivity contribution is 7.16. The standard InChI is InChI=1S/C22H22ClNS/c1-24-17-8-9-19(24)22(18(13-17)20-10-11-21(23)25-20)16-7-6-14-4-2-3-5-15(14)12-16/h2-7,10-12,17-19,22H,8-9,13H2,1H3/t17?,18-,19?,22+/m1/s1. The quantitative estimate of drug-likeness (QED) is 0.514. The van der Waals surface area contributed by atoms with Gasteiger partial charge in [-0.15, -0.1) is 11.3 Å². The van der Waals surface area contributed by atoms with Crippen molar-refractivity contribution in [2.24, 2.45) is 0 Å². The molecular weight excluding hydrogens is 346 g/mol. The van der Waals surface area contributed by atoms with Gasteiger partial charge in [-0.1, -0.05) is 54.1 Å². The number of nitrogens with zero attached hydrogens (tertiary/aromatic N) is 1. The van der Waals surface area contributed by atoms with E-state index in [-0.39, 0.29) is 0 Å². The van der Waals surface area contributed by atoms with Gasteiger partial charge >= 0.3 is 0 Å². The summed E-state index contributed by atoms with van der Waals surface area (Å²) < 4.78 is 0.915.